The Kier molecular flexibility index (Phi) is 8.73. The number of methoxy groups -OCH3 is 1. The van der Waals surface area contributed by atoms with Crippen LogP contribution in [0.2, 0.25) is 5.02 Å². The highest BCUT2D eigenvalue weighted by Gasteiger charge is 2.44. The molecule has 1 heterocycles. The Labute approximate surface area is 219 Å². The van der Waals surface area contributed by atoms with Crippen LogP contribution in [-0.4, -0.2) is 50.4 Å². The molecule has 192 valence electrons. The van der Waals surface area contributed by atoms with Gasteiger partial charge in [-0.1, -0.05) is 60.1 Å². The molecule has 1 aliphatic carbocycles. The first-order valence-corrected chi connectivity index (χ1v) is 14.6. The highest BCUT2D eigenvalue weighted by atomic mass is 35.5. The minimum Gasteiger partial charge on any atom is -0.497 e. The first-order chi connectivity index (χ1) is 17.2. The standard InChI is InChI=1S/C28H30ClNO.CH4O3S/c1-31-24-11-13-25-22(18-24)10-12-26-27(25)19-30(15-14-21-8-5-9-23(29)16-21)28(26)17-20-6-3-2-4-7-20;1-5(2,3)4/h2-9,11,13,16,18,26-28H,10,12,14-15,17,19H2,1H3;1H3,(H,2,3,4)/t26?,27-,28-;/m1./s1. The predicted octanol–water partition coefficient (Wildman–Crippen LogP) is 5.67. The van der Waals surface area contributed by atoms with Gasteiger partial charge in [0.25, 0.3) is 10.1 Å². The van der Waals surface area contributed by atoms with Gasteiger partial charge in [0.2, 0.25) is 0 Å². The van der Waals surface area contributed by atoms with Crippen molar-refractivity contribution in [3.63, 3.8) is 0 Å². The van der Waals surface area contributed by atoms with Crippen molar-refractivity contribution in [1.29, 1.82) is 0 Å². The van der Waals surface area contributed by atoms with Gasteiger partial charge in [0.05, 0.1) is 13.4 Å². The van der Waals surface area contributed by atoms with Crippen molar-refractivity contribution < 1.29 is 17.7 Å². The van der Waals surface area contributed by atoms with Gasteiger partial charge in [-0.3, -0.25) is 9.45 Å². The van der Waals surface area contributed by atoms with Crippen LogP contribution in [0.1, 0.15) is 34.6 Å². The van der Waals surface area contributed by atoms with Crippen LogP contribution in [0.4, 0.5) is 0 Å². The Morgan fingerprint density at radius 2 is 1.75 bits per heavy atom. The van der Waals surface area contributed by atoms with Crippen LogP contribution in [0.25, 0.3) is 0 Å². The largest absolute Gasteiger partial charge is 0.497 e. The molecule has 5 rings (SSSR count). The lowest BCUT2D eigenvalue weighted by Gasteiger charge is -2.32. The van der Waals surface area contributed by atoms with Gasteiger partial charge in [0.15, 0.2) is 0 Å². The topological polar surface area (TPSA) is 66.8 Å². The summed E-state index contributed by atoms with van der Waals surface area (Å²) < 4.78 is 31.4. The maximum absolute atomic E-state index is 9.19. The lowest BCUT2D eigenvalue weighted by molar-refractivity contribution is 0.220. The first kappa shape index (κ1) is 26.7. The summed E-state index contributed by atoms with van der Waals surface area (Å²) in [5.41, 5.74) is 5.79. The van der Waals surface area contributed by atoms with Gasteiger partial charge in [-0.15, -0.1) is 0 Å². The summed E-state index contributed by atoms with van der Waals surface area (Å²) in [7, 11) is -1.91. The Morgan fingerprint density at radius 3 is 2.44 bits per heavy atom. The summed E-state index contributed by atoms with van der Waals surface area (Å²) in [5, 5.41) is 0.830. The summed E-state index contributed by atoms with van der Waals surface area (Å²) in [6, 6.07) is 26.6. The van der Waals surface area contributed by atoms with E-state index in [-0.39, 0.29) is 0 Å². The number of halogens is 1. The van der Waals surface area contributed by atoms with Gasteiger partial charge in [-0.2, -0.15) is 8.42 Å². The number of fused-ring (bicyclic) bond motifs is 3. The van der Waals surface area contributed by atoms with E-state index in [0.29, 0.717) is 24.1 Å². The number of hydrogen-bond donors (Lipinski definition) is 1. The van der Waals surface area contributed by atoms with Crippen molar-refractivity contribution in [2.75, 3.05) is 26.5 Å². The smallest absolute Gasteiger partial charge is 0.261 e. The van der Waals surface area contributed by atoms with Gasteiger partial charge < -0.3 is 4.74 Å². The average molecular weight is 528 g/mol. The summed E-state index contributed by atoms with van der Waals surface area (Å²) in [6.07, 6.45) is 5.30. The Morgan fingerprint density at radius 1 is 1.03 bits per heavy atom. The molecule has 0 amide bonds. The van der Waals surface area contributed by atoms with E-state index in [0.717, 1.165) is 43.1 Å². The van der Waals surface area contributed by atoms with E-state index in [9.17, 15) is 8.42 Å². The number of ether oxygens (including phenoxy) is 1. The Hall–Kier alpha value is -2.38. The molecule has 1 saturated heterocycles. The van der Waals surface area contributed by atoms with Crippen molar-refractivity contribution >= 4 is 21.7 Å². The lowest BCUT2D eigenvalue weighted by atomic mass is 9.73. The van der Waals surface area contributed by atoms with Crippen molar-refractivity contribution in [3.05, 3.63) is 100 Å². The highest BCUT2D eigenvalue weighted by Crippen LogP contribution is 2.46. The molecule has 0 saturated carbocycles. The first-order valence-electron chi connectivity index (χ1n) is 12.3. The van der Waals surface area contributed by atoms with E-state index in [1.807, 2.05) is 6.07 Å². The van der Waals surface area contributed by atoms with E-state index >= 15 is 0 Å². The van der Waals surface area contributed by atoms with E-state index in [1.165, 1.54) is 23.1 Å². The molecule has 3 aromatic rings. The molecule has 7 heteroatoms. The third kappa shape index (κ3) is 7.10. The molecule has 36 heavy (non-hydrogen) atoms. The molecule has 0 spiro atoms. The third-order valence-corrected chi connectivity index (χ3v) is 7.51. The van der Waals surface area contributed by atoms with Gasteiger partial charge >= 0.3 is 0 Å². The molecular weight excluding hydrogens is 494 g/mol. The van der Waals surface area contributed by atoms with E-state index in [1.54, 1.807) is 12.7 Å². The van der Waals surface area contributed by atoms with E-state index in [4.69, 9.17) is 20.9 Å². The van der Waals surface area contributed by atoms with Crippen molar-refractivity contribution in [2.45, 2.75) is 37.6 Å². The van der Waals surface area contributed by atoms with Crippen LogP contribution in [0.3, 0.4) is 0 Å². The number of benzene rings is 3. The number of rotatable bonds is 6. The quantitative estimate of drug-likeness (QED) is 0.418. The molecule has 5 nitrogen and oxygen atoms in total. The molecule has 0 aromatic heterocycles. The summed E-state index contributed by atoms with van der Waals surface area (Å²) >= 11 is 6.23. The van der Waals surface area contributed by atoms with Crippen molar-refractivity contribution in [2.24, 2.45) is 5.92 Å². The number of hydrogen-bond acceptors (Lipinski definition) is 4. The van der Waals surface area contributed by atoms with Crippen LogP contribution in [0.5, 0.6) is 5.75 Å². The summed E-state index contributed by atoms with van der Waals surface area (Å²) in [6.45, 7) is 2.22. The van der Waals surface area contributed by atoms with Crippen LogP contribution < -0.4 is 4.74 Å². The summed E-state index contributed by atoms with van der Waals surface area (Å²) in [4.78, 5) is 2.75. The zero-order chi connectivity index (χ0) is 25.7. The molecule has 0 radical (unpaired) electrons. The van der Waals surface area contributed by atoms with Crippen LogP contribution in [-0.2, 0) is 29.4 Å². The Balaban J connectivity index is 0.000000556. The second-order valence-corrected chi connectivity index (χ2v) is 11.6. The fourth-order valence-electron chi connectivity index (χ4n) is 5.75. The number of aryl methyl sites for hydroxylation is 1. The van der Waals surface area contributed by atoms with E-state index in [2.05, 4.69) is 71.6 Å². The fourth-order valence-corrected chi connectivity index (χ4v) is 5.97. The fraction of sp³-hybridized carbons (Fsp3) is 0.379. The molecular formula is C29H34ClNO4S. The van der Waals surface area contributed by atoms with Crippen LogP contribution >= 0.6 is 11.6 Å². The second kappa shape index (κ2) is 11.8. The lowest BCUT2D eigenvalue weighted by Crippen LogP contribution is -2.36. The average Bonchev–Trinajstić information content (AvgIpc) is 3.19. The SMILES string of the molecule is COc1ccc2c(c1)CCC1[C@@H]2CN(CCc2cccc(Cl)c2)[C@@H]1Cc1ccccc1.CS(=O)(=O)O. The zero-order valence-corrected chi connectivity index (χ0v) is 22.4. The van der Waals surface area contributed by atoms with Crippen LogP contribution in [0.15, 0.2) is 72.8 Å². The van der Waals surface area contributed by atoms with Gasteiger partial charge in [-0.05, 0) is 78.1 Å². The monoisotopic (exact) mass is 527 g/mol. The van der Waals surface area contributed by atoms with Crippen molar-refractivity contribution in [1.82, 2.24) is 4.90 Å². The predicted molar refractivity (Wildman–Crippen MR) is 146 cm³/mol. The second-order valence-electron chi connectivity index (χ2n) is 9.74. The van der Waals surface area contributed by atoms with Crippen molar-refractivity contribution in [3.8, 4) is 5.75 Å². The molecule has 0 bridgehead atoms. The minimum atomic E-state index is -3.67. The Bertz CT molecular complexity index is 1260. The molecule has 1 unspecified atom stereocenters. The third-order valence-electron chi connectivity index (χ3n) is 7.27. The minimum absolute atomic E-state index is 0.585. The molecule has 2 aliphatic rings. The maximum Gasteiger partial charge on any atom is 0.261 e. The maximum atomic E-state index is 9.19. The number of nitrogens with zero attached hydrogens (tertiary/aromatic N) is 1. The zero-order valence-electron chi connectivity index (χ0n) is 20.8. The molecule has 3 atom stereocenters. The molecule has 3 aromatic carbocycles. The number of likely N-dealkylation sites (tertiary alicyclic amines) is 1. The molecule has 1 N–H and O–H groups in total. The molecule has 1 fully saturated rings. The van der Waals surface area contributed by atoms with Gasteiger partial charge in [0.1, 0.15) is 5.75 Å². The highest BCUT2D eigenvalue weighted by molar-refractivity contribution is 7.85. The van der Waals surface area contributed by atoms with Gasteiger partial charge in [-0.25, -0.2) is 0 Å². The summed E-state index contributed by atoms with van der Waals surface area (Å²) in [5.74, 6) is 2.30. The van der Waals surface area contributed by atoms with Crippen LogP contribution in [0, 0.1) is 5.92 Å². The van der Waals surface area contributed by atoms with E-state index < -0.39 is 10.1 Å². The normalized spacial score (nSPS) is 21.2. The molecule has 1 aliphatic heterocycles. The van der Waals surface area contributed by atoms with Gasteiger partial charge in [0, 0.05) is 30.1 Å².